The maximum atomic E-state index is 13.5. The van der Waals surface area contributed by atoms with Crippen molar-refractivity contribution < 1.29 is 14.4 Å². The third-order valence-electron chi connectivity index (χ3n) is 7.72. The third kappa shape index (κ3) is 3.96. The molecule has 36 heavy (non-hydrogen) atoms. The highest BCUT2D eigenvalue weighted by Crippen LogP contribution is 2.33. The van der Waals surface area contributed by atoms with E-state index in [-0.39, 0.29) is 23.8 Å². The third-order valence-corrected chi connectivity index (χ3v) is 7.72. The minimum Gasteiger partial charge on any atom is -0.345 e. The van der Waals surface area contributed by atoms with E-state index >= 15 is 0 Å². The van der Waals surface area contributed by atoms with Gasteiger partial charge in [-0.1, -0.05) is 48.5 Å². The molecule has 0 bridgehead atoms. The monoisotopic (exact) mass is 479 g/mol. The van der Waals surface area contributed by atoms with E-state index in [4.69, 9.17) is 0 Å². The Kier molecular flexibility index (Phi) is 5.80. The molecule has 182 valence electrons. The predicted molar refractivity (Wildman–Crippen MR) is 138 cm³/mol. The number of aryl methyl sites for hydroxylation is 1. The summed E-state index contributed by atoms with van der Waals surface area (Å²) in [5, 5.41) is 3.20. The number of para-hydroxylation sites is 1. The molecule has 1 saturated heterocycles. The van der Waals surface area contributed by atoms with Crippen LogP contribution in [0.5, 0.6) is 0 Å². The molecule has 3 aliphatic rings. The second kappa shape index (κ2) is 9.26. The molecule has 0 aromatic heterocycles. The van der Waals surface area contributed by atoms with Crippen molar-refractivity contribution in [2.45, 2.75) is 50.7 Å². The quantitative estimate of drug-likeness (QED) is 0.593. The average Bonchev–Trinajstić information content (AvgIpc) is 3.39. The summed E-state index contributed by atoms with van der Waals surface area (Å²) in [7, 11) is 0. The first-order valence-corrected chi connectivity index (χ1v) is 12.8. The summed E-state index contributed by atoms with van der Waals surface area (Å²) in [5.74, 6) is -0.199. The summed E-state index contributed by atoms with van der Waals surface area (Å²) in [5.41, 5.74) is 5.26. The summed E-state index contributed by atoms with van der Waals surface area (Å²) in [6.45, 7) is 0.970. The van der Waals surface area contributed by atoms with E-state index in [0.717, 1.165) is 31.2 Å². The fourth-order valence-corrected chi connectivity index (χ4v) is 5.86. The van der Waals surface area contributed by atoms with Crippen LogP contribution < -0.4 is 10.2 Å². The van der Waals surface area contributed by atoms with Crippen molar-refractivity contribution in [3.05, 3.63) is 101 Å². The number of hydrogen-bond donors (Lipinski definition) is 1. The van der Waals surface area contributed by atoms with Gasteiger partial charge in [-0.25, -0.2) is 0 Å². The van der Waals surface area contributed by atoms with Crippen molar-refractivity contribution in [1.29, 1.82) is 0 Å². The molecule has 3 aromatic rings. The van der Waals surface area contributed by atoms with Gasteiger partial charge >= 0.3 is 0 Å². The van der Waals surface area contributed by atoms with Crippen LogP contribution in [0, 0.1) is 0 Å². The Morgan fingerprint density at radius 3 is 2.53 bits per heavy atom. The minimum atomic E-state index is -0.409. The number of carbonyl (C=O) groups excluding carboxylic acids is 3. The van der Waals surface area contributed by atoms with E-state index in [1.54, 1.807) is 15.9 Å². The van der Waals surface area contributed by atoms with Gasteiger partial charge in [0.25, 0.3) is 11.8 Å². The number of hydrogen-bond acceptors (Lipinski definition) is 3. The van der Waals surface area contributed by atoms with Gasteiger partial charge in [-0.15, -0.1) is 0 Å². The topological polar surface area (TPSA) is 69.7 Å². The highest BCUT2D eigenvalue weighted by molar-refractivity contribution is 6.11. The Balaban J connectivity index is 1.21. The minimum absolute atomic E-state index is 0.0280. The maximum Gasteiger partial charge on any atom is 0.256 e. The van der Waals surface area contributed by atoms with E-state index in [1.807, 2.05) is 48.5 Å². The van der Waals surface area contributed by atoms with Crippen LogP contribution in [0.3, 0.4) is 0 Å². The molecule has 2 aliphatic heterocycles. The Hall–Kier alpha value is -3.93. The summed E-state index contributed by atoms with van der Waals surface area (Å²) in [4.78, 5) is 43.1. The van der Waals surface area contributed by atoms with Crippen LogP contribution in [-0.2, 0) is 17.8 Å². The number of amides is 3. The van der Waals surface area contributed by atoms with Gasteiger partial charge in [-0.3, -0.25) is 14.4 Å². The molecule has 2 heterocycles. The van der Waals surface area contributed by atoms with Crippen LogP contribution in [0.25, 0.3) is 0 Å². The molecular weight excluding hydrogens is 450 g/mol. The van der Waals surface area contributed by atoms with Gasteiger partial charge in [-0.05, 0) is 73.1 Å². The van der Waals surface area contributed by atoms with Gasteiger partial charge in [0.15, 0.2) is 0 Å². The lowest BCUT2D eigenvalue weighted by Gasteiger charge is -2.27. The fourth-order valence-electron chi connectivity index (χ4n) is 5.86. The number of carbonyl (C=O) groups is 3. The first kappa shape index (κ1) is 22.5. The molecular formula is C30H29N3O3. The summed E-state index contributed by atoms with van der Waals surface area (Å²) >= 11 is 0. The van der Waals surface area contributed by atoms with Gasteiger partial charge in [0, 0.05) is 12.1 Å². The zero-order valence-corrected chi connectivity index (χ0v) is 20.2. The highest BCUT2D eigenvalue weighted by atomic mass is 16.2. The summed E-state index contributed by atoms with van der Waals surface area (Å²) < 4.78 is 0. The zero-order chi connectivity index (χ0) is 24.6. The molecule has 0 saturated carbocycles. The van der Waals surface area contributed by atoms with Crippen molar-refractivity contribution in [1.82, 2.24) is 10.2 Å². The van der Waals surface area contributed by atoms with E-state index in [0.29, 0.717) is 36.3 Å². The Bertz CT molecular complexity index is 1330. The molecule has 0 radical (unpaired) electrons. The predicted octanol–water partition coefficient (Wildman–Crippen LogP) is 4.65. The SMILES string of the molecule is O=C(N[C@@H]1CCCc2ccccc21)c1ccc(CN2C(=O)[C@@H]3CCCN3C(=O)c3ccccc32)cc1. The number of nitrogens with zero attached hydrogens (tertiary/aromatic N) is 2. The molecule has 0 unspecified atom stereocenters. The Labute approximate surface area is 210 Å². The number of benzene rings is 3. The Morgan fingerprint density at radius 2 is 1.67 bits per heavy atom. The summed E-state index contributed by atoms with van der Waals surface area (Å²) in [6.07, 6.45) is 4.59. The maximum absolute atomic E-state index is 13.5. The largest absolute Gasteiger partial charge is 0.345 e. The van der Waals surface area contributed by atoms with E-state index < -0.39 is 6.04 Å². The van der Waals surface area contributed by atoms with Crippen LogP contribution in [0.2, 0.25) is 0 Å². The second-order valence-electron chi connectivity index (χ2n) is 9.91. The van der Waals surface area contributed by atoms with E-state index in [9.17, 15) is 14.4 Å². The fraction of sp³-hybridized carbons (Fsp3) is 0.300. The first-order valence-electron chi connectivity index (χ1n) is 12.8. The van der Waals surface area contributed by atoms with Gasteiger partial charge in [0.1, 0.15) is 6.04 Å². The standard InChI is InChI=1S/C30H29N3O3/c34-28(31-25-11-5-8-21-7-1-2-9-23(21)25)22-16-14-20(15-17-22)19-33-26-12-4-3-10-24(26)29(35)32-18-6-13-27(32)30(33)36/h1-4,7,9-10,12,14-17,25,27H,5-6,8,11,13,18-19H2,(H,31,34)/t25-,27+/m1/s1. The molecule has 2 atom stereocenters. The Morgan fingerprint density at radius 1 is 0.889 bits per heavy atom. The number of anilines is 1. The van der Waals surface area contributed by atoms with Crippen LogP contribution in [0.1, 0.15) is 69.1 Å². The van der Waals surface area contributed by atoms with Crippen molar-refractivity contribution >= 4 is 23.4 Å². The van der Waals surface area contributed by atoms with E-state index in [2.05, 4.69) is 23.5 Å². The lowest BCUT2D eigenvalue weighted by atomic mass is 9.87. The second-order valence-corrected chi connectivity index (χ2v) is 9.91. The van der Waals surface area contributed by atoms with Gasteiger partial charge < -0.3 is 15.1 Å². The van der Waals surface area contributed by atoms with Crippen LogP contribution >= 0.6 is 0 Å². The molecule has 3 aromatic carbocycles. The van der Waals surface area contributed by atoms with Crippen molar-refractivity contribution in [3.8, 4) is 0 Å². The number of fused-ring (bicyclic) bond motifs is 3. The van der Waals surface area contributed by atoms with Crippen LogP contribution in [0.4, 0.5) is 5.69 Å². The van der Waals surface area contributed by atoms with Crippen LogP contribution in [-0.4, -0.2) is 35.2 Å². The molecule has 1 aliphatic carbocycles. The molecule has 6 rings (SSSR count). The molecule has 0 spiro atoms. The highest BCUT2D eigenvalue weighted by Gasteiger charge is 2.41. The number of rotatable bonds is 4. The van der Waals surface area contributed by atoms with Gasteiger partial charge in [0.05, 0.1) is 23.8 Å². The molecule has 1 N–H and O–H groups in total. The van der Waals surface area contributed by atoms with Crippen LogP contribution in [0.15, 0.2) is 72.8 Å². The number of nitrogens with one attached hydrogen (secondary N) is 1. The lowest BCUT2D eigenvalue weighted by molar-refractivity contribution is -0.122. The van der Waals surface area contributed by atoms with Crippen molar-refractivity contribution in [3.63, 3.8) is 0 Å². The zero-order valence-electron chi connectivity index (χ0n) is 20.2. The van der Waals surface area contributed by atoms with Crippen molar-refractivity contribution in [2.75, 3.05) is 11.4 Å². The lowest BCUT2D eigenvalue weighted by Crippen LogP contribution is -2.44. The summed E-state index contributed by atoms with van der Waals surface area (Å²) in [6, 6.07) is 22.7. The average molecular weight is 480 g/mol. The molecule has 6 nitrogen and oxygen atoms in total. The molecule has 6 heteroatoms. The van der Waals surface area contributed by atoms with Gasteiger partial charge in [0.2, 0.25) is 5.91 Å². The normalized spacial score (nSPS) is 20.9. The molecule has 1 fully saturated rings. The molecule has 3 amide bonds. The van der Waals surface area contributed by atoms with Gasteiger partial charge in [-0.2, -0.15) is 0 Å². The first-order chi connectivity index (χ1) is 17.6. The van der Waals surface area contributed by atoms with Crippen molar-refractivity contribution in [2.24, 2.45) is 0 Å². The van der Waals surface area contributed by atoms with E-state index in [1.165, 1.54) is 11.1 Å². The smallest absolute Gasteiger partial charge is 0.256 e.